The van der Waals surface area contributed by atoms with Crippen LogP contribution in [-0.2, 0) is 12.6 Å². The van der Waals surface area contributed by atoms with E-state index in [4.69, 9.17) is 0 Å². The Morgan fingerprint density at radius 1 is 0.865 bits per heavy atom. The minimum Gasteiger partial charge on any atom is -0.206 e. The summed E-state index contributed by atoms with van der Waals surface area (Å²) in [4.78, 5) is 0. The largest absolute Gasteiger partial charge is 0.419 e. The Bertz CT molecular complexity index is 1310. The van der Waals surface area contributed by atoms with Crippen molar-refractivity contribution in [3.05, 3.63) is 94.6 Å². The molecule has 0 atom stereocenters. The van der Waals surface area contributed by atoms with Gasteiger partial charge in [0.15, 0.2) is 0 Å². The number of fused-ring (bicyclic) bond motifs is 1. The second-order valence-electron chi connectivity index (χ2n) is 10.00. The summed E-state index contributed by atoms with van der Waals surface area (Å²) in [5.74, 6) is 4.92. The average Bonchev–Trinajstić information content (AvgIpc) is 2.87. The van der Waals surface area contributed by atoms with Crippen molar-refractivity contribution in [1.29, 1.82) is 0 Å². The van der Waals surface area contributed by atoms with Crippen molar-refractivity contribution in [3.63, 3.8) is 0 Å². The van der Waals surface area contributed by atoms with Crippen molar-refractivity contribution >= 4 is 10.8 Å². The van der Waals surface area contributed by atoms with Crippen LogP contribution in [-0.4, -0.2) is 0 Å². The van der Waals surface area contributed by atoms with Crippen LogP contribution in [0, 0.1) is 35.3 Å². The Morgan fingerprint density at radius 3 is 2.27 bits per heavy atom. The summed E-state index contributed by atoms with van der Waals surface area (Å²) < 4.78 is 67.1. The van der Waals surface area contributed by atoms with Crippen LogP contribution in [0.4, 0.5) is 22.0 Å². The van der Waals surface area contributed by atoms with E-state index in [9.17, 15) is 17.6 Å². The molecule has 0 aliphatic heterocycles. The molecule has 3 aromatic carbocycles. The first kappa shape index (κ1) is 26.9. The van der Waals surface area contributed by atoms with Gasteiger partial charge in [-0.1, -0.05) is 73.9 Å². The van der Waals surface area contributed by atoms with E-state index < -0.39 is 23.4 Å². The molecule has 4 rings (SSSR count). The molecule has 3 aromatic rings. The summed E-state index contributed by atoms with van der Waals surface area (Å²) in [6, 6.07) is 11.5. The number of benzene rings is 3. The van der Waals surface area contributed by atoms with Gasteiger partial charge in [-0.15, -0.1) is 0 Å². The van der Waals surface area contributed by atoms with E-state index in [1.807, 2.05) is 12.1 Å². The van der Waals surface area contributed by atoms with Crippen molar-refractivity contribution in [2.75, 3.05) is 0 Å². The van der Waals surface area contributed by atoms with Gasteiger partial charge in [0, 0.05) is 10.9 Å². The van der Waals surface area contributed by atoms with Gasteiger partial charge in [-0.2, -0.15) is 13.2 Å². The number of alkyl halides is 3. The molecule has 0 unspecified atom stereocenters. The van der Waals surface area contributed by atoms with Gasteiger partial charge < -0.3 is 0 Å². The summed E-state index contributed by atoms with van der Waals surface area (Å²) in [6.45, 7) is 2.07. The first-order valence-electron chi connectivity index (χ1n) is 13.0. The van der Waals surface area contributed by atoms with Crippen LogP contribution in [0.3, 0.4) is 0 Å². The van der Waals surface area contributed by atoms with Gasteiger partial charge in [-0.3, -0.25) is 0 Å². The molecular weight excluding hydrogens is 479 g/mol. The Kier molecular flexibility index (Phi) is 8.69. The lowest BCUT2D eigenvalue weighted by atomic mass is 9.78. The van der Waals surface area contributed by atoms with Crippen LogP contribution in [0.2, 0.25) is 0 Å². The predicted octanol–water partition coefficient (Wildman–Crippen LogP) is 9.63. The third-order valence-electron chi connectivity index (χ3n) is 7.42. The van der Waals surface area contributed by atoms with Gasteiger partial charge in [0.25, 0.3) is 0 Å². The number of aryl methyl sites for hydroxylation is 1. The zero-order chi connectivity index (χ0) is 26.4. The zero-order valence-corrected chi connectivity index (χ0v) is 21.0. The van der Waals surface area contributed by atoms with Crippen LogP contribution in [0.25, 0.3) is 10.8 Å². The van der Waals surface area contributed by atoms with E-state index >= 15 is 4.39 Å². The normalized spacial score (nSPS) is 18.2. The van der Waals surface area contributed by atoms with Crippen molar-refractivity contribution in [2.24, 2.45) is 11.8 Å². The Morgan fingerprint density at radius 2 is 1.59 bits per heavy atom. The van der Waals surface area contributed by atoms with Crippen molar-refractivity contribution in [3.8, 4) is 11.8 Å². The fraction of sp³-hybridized carbons (Fsp3) is 0.375. The number of hydrogen-bond donors (Lipinski definition) is 0. The molecule has 0 N–H and O–H groups in total. The van der Waals surface area contributed by atoms with E-state index in [2.05, 4.69) is 30.9 Å². The lowest BCUT2D eigenvalue weighted by molar-refractivity contribution is -0.140. The van der Waals surface area contributed by atoms with E-state index in [1.165, 1.54) is 44.1 Å². The topological polar surface area (TPSA) is 0 Å². The van der Waals surface area contributed by atoms with Crippen LogP contribution in [0.1, 0.15) is 74.1 Å². The maximum atomic E-state index is 15.1. The second kappa shape index (κ2) is 11.9. The van der Waals surface area contributed by atoms with Crippen LogP contribution < -0.4 is 0 Å². The van der Waals surface area contributed by atoms with Gasteiger partial charge in [0.2, 0.25) is 0 Å². The Hall–Kier alpha value is -3.13. The van der Waals surface area contributed by atoms with E-state index in [-0.39, 0.29) is 11.1 Å². The average molecular weight is 511 g/mol. The SMILES string of the molecule is C/C=C/CCC1CCC(CCc2ccc3c(F)c(C#Cc4ccc(C(F)(F)F)c(F)c4)ccc3c2)CC1. The number of allylic oxidation sites excluding steroid dienone is 2. The van der Waals surface area contributed by atoms with E-state index in [1.54, 1.807) is 18.2 Å². The fourth-order valence-electron chi connectivity index (χ4n) is 5.23. The molecule has 0 spiro atoms. The number of halogens is 5. The number of rotatable bonds is 6. The molecule has 0 bridgehead atoms. The van der Waals surface area contributed by atoms with Crippen molar-refractivity contribution < 1.29 is 22.0 Å². The monoisotopic (exact) mass is 510 g/mol. The summed E-state index contributed by atoms with van der Waals surface area (Å²) in [5, 5.41) is 1.23. The minimum absolute atomic E-state index is 0.0483. The van der Waals surface area contributed by atoms with Gasteiger partial charge in [-0.25, -0.2) is 8.78 Å². The minimum atomic E-state index is -4.77. The van der Waals surface area contributed by atoms with E-state index in [0.717, 1.165) is 42.2 Å². The summed E-state index contributed by atoms with van der Waals surface area (Å²) in [5.41, 5.74) is -0.00132. The predicted molar refractivity (Wildman–Crippen MR) is 139 cm³/mol. The molecule has 0 nitrogen and oxygen atoms in total. The lowest BCUT2D eigenvalue weighted by Crippen LogP contribution is -2.15. The standard InChI is InChI=1S/C32H31F5/c1-2-3-4-5-22-6-8-23(9-7-22)10-11-24-13-18-28-27(20-24)17-16-26(31(28)34)15-12-25-14-19-29(30(33)21-25)32(35,36)37/h2-3,13-14,16-23H,4-11H2,1H3/b3-2+. The molecular formula is C32H31F5. The zero-order valence-electron chi connectivity index (χ0n) is 21.0. The van der Waals surface area contributed by atoms with Crippen LogP contribution >= 0.6 is 0 Å². The molecule has 0 aromatic heterocycles. The van der Waals surface area contributed by atoms with Crippen LogP contribution in [0.5, 0.6) is 0 Å². The van der Waals surface area contributed by atoms with Crippen molar-refractivity contribution in [1.82, 2.24) is 0 Å². The molecule has 0 amide bonds. The van der Waals surface area contributed by atoms with Crippen molar-refractivity contribution in [2.45, 2.75) is 64.5 Å². The Balaban J connectivity index is 1.39. The highest BCUT2D eigenvalue weighted by molar-refractivity contribution is 5.85. The smallest absolute Gasteiger partial charge is 0.206 e. The quantitative estimate of drug-likeness (QED) is 0.176. The van der Waals surface area contributed by atoms with Gasteiger partial charge in [-0.05, 0) is 79.7 Å². The summed E-state index contributed by atoms with van der Waals surface area (Å²) >= 11 is 0. The molecule has 0 saturated heterocycles. The van der Waals surface area contributed by atoms with Gasteiger partial charge in [0.1, 0.15) is 11.6 Å². The maximum Gasteiger partial charge on any atom is 0.419 e. The molecule has 1 fully saturated rings. The third kappa shape index (κ3) is 7.01. The van der Waals surface area contributed by atoms with Crippen LogP contribution in [0.15, 0.2) is 60.7 Å². The highest BCUT2D eigenvalue weighted by Crippen LogP contribution is 2.34. The lowest BCUT2D eigenvalue weighted by Gasteiger charge is -2.28. The first-order chi connectivity index (χ1) is 17.7. The highest BCUT2D eigenvalue weighted by atomic mass is 19.4. The summed E-state index contributed by atoms with van der Waals surface area (Å²) in [7, 11) is 0. The molecule has 0 heterocycles. The highest BCUT2D eigenvalue weighted by Gasteiger charge is 2.33. The first-order valence-corrected chi connectivity index (χ1v) is 13.0. The number of hydrogen-bond acceptors (Lipinski definition) is 0. The fourth-order valence-corrected chi connectivity index (χ4v) is 5.23. The maximum absolute atomic E-state index is 15.1. The summed E-state index contributed by atoms with van der Waals surface area (Å²) in [6.07, 6.45) is 9.39. The molecule has 1 saturated carbocycles. The third-order valence-corrected chi connectivity index (χ3v) is 7.42. The molecule has 1 aliphatic rings. The molecule has 5 heteroatoms. The molecule has 1 aliphatic carbocycles. The Labute approximate surface area is 215 Å². The van der Waals surface area contributed by atoms with E-state index in [0.29, 0.717) is 11.5 Å². The van der Waals surface area contributed by atoms with Gasteiger partial charge >= 0.3 is 6.18 Å². The molecule has 194 valence electrons. The van der Waals surface area contributed by atoms with Gasteiger partial charge in [0.05, 0.1) is 11.1 Å². The molecule has 37 heavy (non-hydrogen) atoms. The second-order valence-corrected chi connectivity index (χ2v) is 10.00. The molecule has 0 radical (unpaired) electrons.